The largest absolute Gasteiger partial charge is 0.508 e. The first kappa shape index (κ1) is 13.8. The van der Waals surface area contributed by atoms with Crippen molar-refractivity contribution >= 4 is 11.9 Å². The van der Waals surface area contributed by atoms with Crippen LogP contribution in [0.15, 0.2) is 48.3 Å². The molecule has 0 aromatic heterocycles. The molecule has 6 heteroatoms. The van der Waals surface area contributed by atoms with E-state index >= 15 is 0 Å². The second-order valence-electron chi connectivity index (χ2n) is 4.48. The summed E-state index contributed by atoms with van der Waals surface area (Å²) in [6.07, 6.45) is 3.49. The molecule has 1 aromatic rings. The molecule has 0 fully saturated rings. The van der Waals surface area contributed by atoms with Crippen molar-refractivity contribution in [2.24, 2.45) is 11.7 Å². The van der Waals surface area contributed by atoms with Crippen LogP contribution in [0.25, 0.3) is 0 Å². The Morgan fingerprint density at radius 2 is 1.90 bits per heavy atom. The van der Waals surface area contributed by atoms with Crippen LogP contribution in [0.3, 0.4) is 0 Å². The Kier molecular flexibility index (Phi) is 3.33. The van der Waals surface area contributed by atoms with Gasteiger partial charge in [0.1, 0.15) is 11.4 Å². The molecule has 1 aliphatic rings. The third-order valence-corrected chi connectivity index (χ3v) is 3.20. The molecular weight excluding hydrogens is 262 g/mol. The normalized spacial score (nSPS) is 25.1. The van der Waals surface area contributed by atoms with Gasteiger partial charge in [0.2, 0.25) is 5.91 Å². The lowest BCUT2D eigenvalue weighted by atomic mass is 9.76. The Morgan fingerprint density at radius 3 is 2.50 bits per heavy atom. The molecule has 0 heterocycles. The van der Waals surface area contributed by atoms with Gasteiger partial charge < -0.3 is 21.1 Å². The molecule has 0 radical (unpaired) electrons. The van der Waals surface area contributed by atoms with Gasteiger partial charge in [0.25, 0.3) is 0 Å². The molecular formula is C14H13NO5. The second kappa shape index (κ2) is 4.82. The van der Waals surface area contributed by atoms with Crippen molar-refractivity contribution in [2.45, 2.75) is 5.60 Å². The molecule has 2 atom stereocenters. The maximum Gasteiger partial charge on any atom is 0.336 e. The van der Waals surface area contributed by atoms with Crippen LogP contribution in [-0.2, 0) is 10.4 Å². The highest BCUT2D eigenvalue weighted by Gasteiger charge is 2.43. The van der Waals surface area contributed by atoms with Crippen molar-refractivity contribution in [1.82, 2.24) is 0 Å². The van der Waals surface area contributed by atoms with Crippen LogP contribution >= 0.6 is 0 Å². The first-order valence-electron chi connectivity index (χ1n) is 5.81. The number of aliphatic hydroxyl groups excluding tert-OH is 1. The minimum absolute atomic E-state index is 0.00722. The summed E-state index contributed by atoms with van der Waals surface area (Å²) >= 11 is 0. The van der Waals surface area contributed by atoms with Crippen molar-refractivity contribution in [3.05, 3.63) is 59.4 Å². The average molecular weight is 275 g/mol. The van der Waals surface area contributed by atoms with Gasteiger partial charge in [-0.2, -0.15) is 0 Å². The standard InChI is InChI=1S/C14H13NO5/c15-12(17)11-6-5-8(16)7-14(11,20)10-4-2-1-3-9(10)13(18)19/h1-7,11,16,20H,(H2,15,17)(H,18,19). The first-order valence-corrected chi connectivity index (χ1v) is 5.81. The minimum atomic E-state index is -2.00. The van der Waals surface area contributed by atoms with Gasteiger partial charge in [0, 0.05) is 5.56 Å². The second-order valence-corrected chi connectivity index (χ2v) is 4.48. The SMILES string of the molecule is NC(=O)C1C=CC(O)=CC1(O)c1ccccc1C(=O)O. The maximum atomic E-state index is 11.5. The number of rotatable bonds is 3. The fraction of sp³-hybridized carbons (Fsp3) is 0.143. The Balaban J connectivity index is 2.67. The number of benzene rings is 1. The zero-order valence-corrected chi connectivity index (χ0v) is 10.4. The Morgan fingerprint density at radius 1 is 1.25 bits per heavy atom. The monoisotopic (exact) mass is 275 g/mol. The number of aliphatic hydroxyl groups is 2. The van der Waals surface area contributed by atoms with E-state index < -0.39 is 23.4 Å². The summed E-state index contributed by atoms with van der Waals surface area (Å²) in [7, 11) is 0. The van der Waals surface area contributed by atoms with Crippen molar-refractivity contribution in [2.75, 3.05) is 0 Å². The number of carbonyl (C=O) groups is 2. The van der Waals surface area contributed by atoms with Gasteiger partial charge in [0.15, 0.2) is 0 Å². The lowest BCUT2D eigenvalue weighted by molar-refractivity contribution is -0.126. The number of aromatic carboxylic acids is 1. The lowest BCUT2D eigenvalue weighted by Gasteiger charge is -2.33. The molecule has 0 saturated heterocycles. The van der Waals surface area contributed by atoms with E-state index in [9.17, 15) is 24.9 Å². The molecule has 1 aliphatic carbocycles. The minimum Gasteiger partial charge on any atom is -0.508 e. The number of amides is 1. The van der Waals surface area contributed by atoms with Crippen LogP contribution in [-0.4, -0.2) is 27.2 Å². The van der Waals surface area contributed by atoms with E-state index in [2.05, 4.69) is 0 Å². The predicted octanol–water partition coefficient (Wildman–Crippen LogP) is 0.686. The summed E-state index contributed by atoms with van der Waals surface area (Å²) in [5.41, 5.74) is 3.07. The fourth-order valence-corrected chi connectivity index (χ4v) is 2.28. The summed E-state index contributed by atoms with van der Waals surface area (Å²) in [6.45, 7) is 0. The number of carboxylic acid groups (broad SMARTS) is 1. The quantitative estimate of drug-likeness (QED) is 0.646. The number of hydrogen-bond acceptors (Lipinski definition) is 4. The van der Waals surface area contributed by atoms with Gasteiger partial charge >= 0.3 is 5.97 Å². The number of carbonyl (C=O) groups excluding carboxylic acids is 1. The average Bonchev–Trinajstić information content (AvgIpc) is 2.38. The zero-order chi connectivity index (χ0) is 14.9. The Labute approximate surface area is 114 Å². The van der Waals surface area contributed by atoms with Gasteiger partial charge in [-0.3, -0.25) is 4.79 Å². The molecule has 0 spiro atoms. The lowest BCUT2D eigenvalue weighted by Crippen LogP contribution is -2.43. The van der Waals surface area contributed by atoms with Crippen molar-refractivity contribution in [3.63, 3.8) is 0 Å². The molecule has 1 aromatic carbocycles. The van der Waals surface area contributed by atoms with E-state index in [1.54, 1.807) is 0 Å². The van der Waals surface area contributed by atoms with Crippen molar-refractivity contribution in [1.29, 1.82) is 0 Å². The third-order valence-electron chi connectivity index (χ3n) is 3.20. The Hall–Kier alpha value is -2.60. The summed E-state index contributed by atoms with van der Waals surface area (Å²) in [5, 5.41) is 29.4. The first-order chi connectivity index (χ1) is 9.36. The summed E-state index contributed by atoms with van der Waals surface area (Å²) in [4.78, 5) is 22.7. The predicted molar refractivity (Wildman–Crippen MR) is 69.8 cm³/mol. The van der Waals surface area contributed by atoms with E-state index in [0.29, 0.717) is 0 Å². The number of primary amides is 1. The maximum absolute atomic E-state index is 11.5. The van der Waals surface area contributed by atoms with Gasteiger partial charge in [-0.25, -0.2) is 4.79 Å². The topological polar surface area (TPSA) is 121 Å². The molecule has 1 amide bonds. The number of allylic oxidation sites excluding steroid dienone is 1. The van der Waals surface area contributed by atoms with Crippen LogP contribution in [0.2, 0.25) is 0 Å². The summed E-state index contributed by atoms with van der Waals surface area (Å²) < 4.78 is 0. The van der Waals surface area contributed by atoms with E-state index in [-0.39, 0.29) is 16.9 Å². The molecule has 0 bridgehead atoms. The van der Waals surface area contributed by atoms with E-state index in [4.69, 9.17) is 5.73 Å². The van der Waals surface area contributed by atoms with E-state index in [1.165, 1.54) is 36.4 Å². The number of nitrogens with two attached hydrogens (primary N) is 1. The van der Waals surface area contributed by atoms with Crippen LogP contribution in [0.1, 0.15) is 15.9 Å². The molecule has 5 N–H and O–H groups in total. The van der Waals surface area contributed by atoms with Crippen LogP contribution in [0.4, 0.5) is 0 Å². The number of carboxylic acids is 1. The number of hydrogen-bond donors (Lipinski definition) is 4. The van der Waals surface area contributed by atoms with Gasteiger partial charge in [-0.1, -0.05) is 24.3 Å². The summed E-state index contributed by atoms with van der Waals surface area (Å²) in [5.74, 6) is -3.52. The van der Waals surface area contributed by atoms with Crippen LogP contribution in [0, 0.1) is 5.92 Å². The van der Waals surface area contributed by atoms with Gasteiger partial charge in [-0.05, 0) is 18.2 Å². The molecule has 0 saturated carbocycles. The van der Waals surface area contributed by atoms with E-state index in [0.717, 1.165) is 6.08 Å². The zero-order valence-electron chi connectivity index (χ0n) is 10.4. The van der Waals surface area contributed by atoms with Gasteiger partial charge in [-0.15, -0.1) is 0 Å². The van der Waals surface area contributed by atoms with Crippen molar-refractivity contribution < 1.29 is 24.9 Å². The molecule has 2 rings (SSSR count). The highest BCUT2D eigenvalue weighted by atomic mass is 16.4. The van der Waals surface area contributed by atoms with Crippen molar-refractivity contribution in [3.8, 4) is 0 Å². The van der Waals surface area contributed by atoms with Crippen LogP contribution in [0.5, 0.6) is 0 Å². The highest BCUT2D eigenvalue weighted by Crippen LogP contribution is 2.37. The van der Waals surface area contributed by atoms with Crippen LogP contribution < -0.4 is 5.73 Å². The van der Waals surface area contributed by atoms with Gasteiger partial charge in [0.05, 0.1) is 11.5 Å². The molecule has 2 unspecified atom stereocenters. The Bertz CT molecular complexity index is 634. The third kappa shape index (κ3) is 2.17. The summed E-state index contributed by atoms with van der Waals surface area (Å²) in [6, 6.07) is 5.71. The smallest absolute Gasteiger partial charge is 0.336 e. The fourth-order valence-electron chi connectivity index (χ4n) is 2.28. The molecule has 0 aliphatic heterocycles. The molecule has 20 heavy (non-hydrogen) atoms. The molecule has 6 nitrogen and oxygen atoms in total. The highest BCUT2D eigenvalue weighted by molar-refractivity contribution is 5.91. The molecule has 104 valence electrons. The van der Waals surface area contributed by atoms with E-state index in [1.807, 2.05) is 0 Å².